The Bertz CT molecular complexity index is 2180. The number of benzene rings is 6. The molecule has 44 heavy (non-hydrogen) atoms. The van der Waals surface area contributed by atoms with Crippen LogP contribution >= 0.6 is 11.3 Å². The zero-order valence-electron chi connectivity index (χ0n) is 24.4. The van der Waals surface area contributed by atoms with Crippen molar-refractivity contribution in [3.8, 4) is 39.3 Å². The first kappa shape index (κ1) is 26.4. The molecule has 0 spiro atoms. The van der Waals surface area contributed by atoms with Crippen LogP contribution in [-0.4, -0.2) is 9.55 Å². The Balaban J connectivity index is 1.43. The molecule has 0 atom stereocenters. The molecule has 0 aliphatic carbocycles. The second-order valence-corrected chi connectivity index (χ2v) is 12.3. The van der Waals surface area contributed by atoms with E-state index in [1.54, 1.807) is 11.3 Å². The van der Waals surface area contributed by atoms with E-state index in [-0.39, 0.29) is 0 Å². The van der Waals surface area contributed by atoms with Crippen LogP contribution in [0.4, 0.5) is 0 Å². The van der Waals surface area contributed by atoms with Gasteiger partial charge in [0.15, 0.2) is 0 Å². The number of rotatable bonds is 6. The van der Waals surface area contributed by atoms with Crippen LogP contribution < -0.4 is 0 Å². The molecular weight excluding hydrogens is 553 g/mol. The van der Waals surface area contributed by atoms with E-state index < -0.39 is 0 Å². The summed E-state index contributed by atoms with van der Waals surface area (Å²) in [6.45, 7) is 2.19. The number of hydrogen-bond acceptors (Lipinski definition) is 2. The summed E-state index contributed by atoms with van der Waals surface area (Å²) in [6.07, 6.45) is 0.900. The van der Waals surface area contributed by atoms with E-state index in [2.05, 4.69) is 162 Å². The Morgan fingerprint density at radius 3 is 1.89 bits per heavy atom. The first-order valence-corrected chi connectivity index (χ1v) is 15.9. The molecule has 0 amide bonds. The summed E-state index contributed by atoms with van der Waals surface area (Å²) in [5.41, 5.74) is 13.0. The molecule has 8 aromatic rings. The maximum absolute atomic E-state index is 5.36. The lowest BCUT2D eigenvalue weighted by Crippen LogP contribution is -2.03. The number of fused-ring (bicyclic) bond motifs is 2. The van der Waals surface area contributed by atoms with E-state index in [0.717, 1.165) is 34.5 Å². The average Bonchev–Trinajstić information content (AvgIpc) is 3.67. The van der Waals surface area contributed by atoms with Gasteiger partial charge >= 0.3 is 0 Å². The highest BCUT2D eigenvalue weighted by Gasteiger charge is 2.23. The summed E-state index contributed by atoms with van der Waals surface area (Å²) in [4.78, 5) is 5.36. The Hall–Kier alpha value is -5.25. The monoisotopic (exact) mass is 582 g/mol. The van der Waals surface area contributed by atoms with Crippen molar-refractivity contribution in [2.75, 3.05) is 0 Å². The third-order valence-electron chi connectivity index (χ3n) is 8.34. The Morgan fingerprint density at radius 1 is 0.591 bits per heavy atom. The summed E-state index contributed by atoms with van der Waals surface area (Å²) < 4.78 is 3.68. The summed E-state index contributed by atoms with van der Waals surface area (Å²) in [5.74, 6) is 0.965. The summed E-state index contributed by atoms with van der Waals surface area (Å²) in [5, 5.41) is 3.53. The van der Waals surface area contributed by atoms with Crippen LogP contribution in [0.5, 0.6) is 0 Å². The van der Waals surface area contributed by atoms with E-state index >= 15 is 0 Å². The van der Waals surface area contributed by atoms with Crippen LogP contribution in [0.3, 0.4) is 0 Å². The van der Waals surface area contributed by atoms with Crippen molar-refractivity contribution in [2.24, 2.45) is 0 Å². The van der Waals surface area contributed by atoms with Crippen LogP contribution in [-0.2, 0) is 6.42 Å². The topological polar surface area (TPSA) is 17.8 Å². The minimum atomic E-state index is 0.900. The summed E-state index contributed by atoms with van der Waals surface area (Å²) in [6, 6.07) is 52.3. The number of imidazole rings is 1. The third-order valence-corrected chi connectivity index (χ3v) is 9.30. The molecule has 2 aromatic heterocycles. The van der Waals surface area contributed by atoms with E-state index in [1.165, 1.54) is 49.0 Å². The number of para-hydroxylation sites is 2. The van der Waals surface area contributed by atoms with Crippen molar-refractivity contribution in [1.82, 2.24) is 9.55 Å². The number of aromatic nitrogens is 2. The van der Waals surface area contributed by atoms with Crippen molar-refractivity contribution in [3.63, 3.8) is 0 Å². The molecule has 0 aliphatic heterocycles. The van der Waals surface area contributed by atoms with Crippen LogP contribution in [0.25, 0.3) is 60.4 Å². The minimum Gasteiger partial charge on any atom is -0.291 e. The maximum atomic E-state index is 5.36. The van der Waals surface area contributed by atoms with E-state index in [9.17, 15) is 0 Å². The largest absolute Gasteiger partial charge is 0.291 e. The quantitative estimate of drug-likeness (QED) is 0.191. The molecule has 0 bridgehead atoms. The molecule has 0 fully saturated rings. The van der Waals surface area contributed by atoms with E-state index in [1.807, 2.05) is 0 Å². The lowest BCUT2D eigenvalue weighted by Gasteiger charge is -2.20. The van der Waals surface area contributed by atoms with Gasteiger partial charge in [-0.1, -0.05) is 109 Å². The van der Waals surface area contributed by atoms with Gasteiger partial charge in [-0.05, 0) is 77.6 Å². The highest BCUT2D eigenvalue weighted by atomic mass is 32.1. The van der Waals surface area contributed by atoms with Crippen molar-refractivity contribution in [1.29, 1.82) is 0 Å². The normalized spacial score (nSPS) is 11.4. The molecule has 3 heteroatoms. The first-order valence-electron chi connectivity index (χ1n) is 15.0. The van der Waals surface area contributed by atoms with Gasteiger partial charge in [0.1, 0.15) is 5.82 Å². The van der Waals surface area contributed by atoms with Crippen LogP contribution in [0.1, 0.15) is 16.7 Å². The van der Waals surface area contributed by atoms with Gasteiger partial charge in [0.2, 0.25) is 0 Å². The zero-order chi connectivity index (χ0) is 29.5. The molecule has 2 nitrogen and oxygen atoms in total. The number of aryl methyl sites for hydroxylation is 1. The molecule has 0 unspecified atom stereocenters. The second-order valence-electron chi connectivity index (χ2n) is 11.3. The fourth-order valence-corrected chi connectivity index (χ4v) is 7.24. The fourth-order valence-electron chi connectivity index (χ4n) is 6.32. The van der Waals surface area contributed by atoms with Crippen molar-refractivity contribution < 1.29 is 0 Å². The Morgan fingerprint density at radius 2 is 1.20 bits per heavy atom. The molecule has 0 saturated heterocycles. The molecule has 0 aliphatic rings. The van der Waals surface area contributed by atoms with Crippen molar-refractivity contribution in [3.05, 3.63) is 168 Å². The van der Waals surface area contributed by atoms with Gasteiger partial charge in [-0.2, -0.15) is 0 Å². The highest BCUT2D eigenvalue weighted by Crippen LogP contribution is 2.43. The van der Waals surface area contributed by atoms with Gasteiger partial charge in [0.25, 0.3) is 0 Å². The lowest BCUT2D eigenvalue weighted by atomic mass is 9.93. The molecule has 0 N–H and O–H groups in total. The van der Waals surface area contributed by atoms with E-state index in [0.29, 0.717) is 0 Å². The van der Waals surface area contributed by atoms with Gasteiger partial charge in [-0.15, -0.1) is 11.3 Å². The standard InChI is InChI=1S/C41H30N2S/c1-28-23-33(31-15-7-3-8-16-31)40(34(24-28)32-17-9-4-10-18-32)43-38-20-12-11-19-37(38)42-41(43)36-27-44-39-22-21-30(26-35(36)39)25-29-13-5-2-6-14-29/h2-24,26-27H,25H2,1H3. The second kappa shape index (κ2) is 11.1. The zero-order valence-corrected chi connectivity index (χ0v) is 25.3. The molecule has 210 valence electrons. The molecule has 2 heterocycles. The van der Waals surface area contributed by atoms with Gasteiger partial charge in [0, 0.05) is 32.2 Å². The van der Waals surface area contributed by atoms with Crippen molar-refractivity contribution >= 4 is 32.5 Å². The number of thiophene rings is 1. The average molecular weight is 583 g/mol. The Labute approximate surface area is 261 Å². The number of hydrogen-bond donors (Lipinski definition) is 0. The van der Waals surface area contributed by atoms with Crippen LogP contribution in [0.15, 0.2) is 151 Å². The van der Waals surface area contributed by atoms with Crippen molar-refractivity contribution in [2.45, 2.75) is 13.3 Å². The first-order chi connectivity index (χ1) is 21.7. The Kier molecular flexibility index (Phi) is 6.66. The van der Waals surface area contributed by atoms with Gasteiger partial charge in [0.05, 0.1) is 16.7 Å². The molecule has 8 rings (SSSR count). The minimum absolute atomic E-state index is 0.900. The predicted octanol–water partition coefficient (Wildman–Crippen LogP) is 11.1. The summed E-state index contributed by atoms with van der Waals surface area (Å²) in [7, 11) is 0. The maximum Gasteiger partial charge on any atom is 0.147 e. The lowest BCUT2D eigenvalue weighted by molar-refractivity contribution is 1.11. The van der Waals surface area contributed by atoms with E-state index in [4.69, 9.17) is 4.98 Å². The highest BCUT2D eigenvalue weighted by molar-refractivity contribution is 7.17. The third kappa shape index (κ3) is 4.72. The molecule has 0 saturated carbocycles. The van der Waals surface area contributed by atoms with Gasteiger partial charge in [-0.25, -0.2) is 4.98 Å². The van der Waals surface area contributed by atoms with Crippen LogP contribution in [0.2, 0.25) is 0 Å². The predicted molar refractivity (Wildman–Crippen MR) is 187 cm³/mol. The molecule has 6 aromatic carbocycles. The van der Waals surface area contributed by atoms with Crippen LogP contribution in [0, 0.1) is 6.92 Å². The molecular formula is C41H30N2S. The molecule has 0 radical (unpaired) electrons. The smallest absolute Gasteiger partial charge is 0.147 e. The number of nitrogens with zero attached hydrogens (tertiary/aromatic N) is 2. The summed E-state index contributed by atoms with van der Waals surface area (Å²) >= 11 is 1.79. The van der Waals surface area contributed by atoms with Gasteiger partial charge in [-0.3, -0.25) is 4.57 Å². The van der Waals surface area contributed by atoms with Gasteiger partial charge < -0.3 is 0 Å². The fraction of sp³-hybridized carbons (Fsp3) is 0.0488. The SMILES string of the molecule is Cc1cc(-c2ccccc2)c(-n2c(-c3csc4ccc(Cc5ccccc5)cc34)nc3ccccc32)c(-c2ccccc2)c1.